The van der Waals surface area contributed by atoms with Crippen molar-refractivity contribution >= 4 is 34.7 Å². The average Bonchev–Trinajstić information content (AvgIpc) is 3.38. The Bertz CT molecular complexity index is 1660. The molecule has 3 aromatic carbocycles. The molecule has 2 aliphatic rings. The smallest absolute Gasteiger partial charge is 0.417 e. The SMILES string of the molecule is COc1cc(OC(=O)Nc2cccnc2)ccc1-c1ccc2c3c1CN(c1ccccc1OC)N3C(=O)C(C)(C)N2. The predicted molar refractivity (Wildman–Crippen MR) is 157 cm³/mol. The number of ether oxygens (including phenoxy) is 3. The molecular weight excluding hydrogens is 522 g/mol. The molecule has 10 nitrogen and oxygen atoms in total. The summed E-state index contributed by atoms with van der Waals surface area (Å²) in [6.07, 6.45) is 2.51. The number of nitrogens with zero attached hydrogens (tertiary/aromatic N) is 3. The molecule has 0 radical (unpaired) electrons. The number of pyridine rings is 1. The van der Waals surface area contributed by atoms with Crippen molar-refractivity contribution in [1.29, 1.82) is 0 Å². The van der Waals surface area contributed by atoms with Crippen molar-refractivity contribution in [1.82, 2.24) is 4.98 Å². The van der Waals surface area contributed by atoms with Gasteiger partial charge in [-0.2, -0.15) is 0 Å². The van der Waals surface area contributed by atoms with Crippen molar-refractivity contribution in [3.8, 4) is 28.4 Å². The molecule has 0 saturated heterocycles. The first-order valence-electron chi connectivity index (χ1n) is 13.1. The number of benzene rings is 3. The van der Waals surface area contributed by atoms with E-state index in [-0.39, 0.29) is 5.91 Å². The molecule has 4 aromatic rings. The van der Waals surface area contributed by atoms with Crippen LogP contribution >= 0.6 is 0 Å². The lowest BCUT2D eigenvalue weighted by Gasteiger charge is -2.41. The molecule has 208 valence electrons. The first kappa shape index (κ1) is 26.0. The number of hydrogen-bond donors (Lipinski definition) is 2. The summed E-state index contributed by atoms with van der Waals surface area (Å²) in [5, 5.41) is 9.75. The highest BCUT2D eigenvalue weighted by Gasteiger charge is 2.47. The van der Waals surface area contributed by atoms with Crippen molar-refractivity contribution in [2.24, 2.45) is 0 Å². The zero-order valence-corrected chi connectivity index (χ0v) is 23.1. The van der Waals surface area contributed by atoms with Gasteiger partial charge in [-0.1, -0.05) is 18.2 Å². The minimum Gasteiger partial charge on any atom is -0.496 e. The van der Waals surface area contributed by atoms with Gasteiger partial charge in [-0.25, -0.2) is 9.80 Å². The van der Waals surface area contributed by atoms with Gasteiger partial charge in [0.05, 0.1) is 44.0 Å². The van der Waals surface area contributed by atoms with Crippen LogP contribution in [0.2, 0.25) is 0 Å². The van der Waals surface area contributed by atoms with Crippen LogP contribution in [0.1, 0.15) is 19.4 Å². The Kier molecular flexibility index (Phi) is 6.37. The van der Waals surface area contributed by atoms with E-state index in [9.17, 15) is 9.59 Å². The maximum Gasteiger partial charge on any atom is 0.417 e. The molecule has 0 fully saturated rings. The van der Waals surface area contributed by atoms with Crippen LogP contribution in [0.5, 0.6) is 17.2 Å². The minimum absolute atomic E-state index is 0.0813. The van der Waals surface area contributed by atoms with Gasteiger partial charge in [0, 0.05) is 23.4 Å². The van der Waals surface area contributed by atoms with E-state index < -0.39 is 11.6 Å². The zero-order chi connectivity index (χ0) is 28.7. The van der Waals surface area contributed by atoms with Gasteiger partial charge in [0.25, 0.3) is 5.91 Å². The van der Waals surface area contributed by atoms with Gasteiger partial charge in [0.2, 0.25) is 0 Å². The summed E-state index contributed by atoms with van der Waals surface area (Å²) in [7, 11) is 3.19. The molecule has 1 aromatic heterocycles. The molecule has 0 spiro atoms. The second kappa shape index (κ2) is 10.1. The fraction of sp³-hybridized carbons (Fsp3) is 0.194. The number of aromatic nitrogens is 1. The van der Waals surface area contributed by atoms with Crippen LogP contribution in [0.25, 0.3) is 11.1 Å². The van der Waals surface area contributed by atoms with Crippen molar-refractivity contribution in [3.05, 3.63) is 84.7 Å². The number of carbonyl (C=O) groups is 2. The molecule has 2 N–H and O–H groups in total. The number of hydrazine groups is 1. The molecule has 0 unspecified atom stereocenters. The Labute approximate surface area is 237 Å². The summed E-state index contributed by atoms with van der Waals surface area (Å²) < 4.78 is 16.9. The summed E-state index contributed by atoms with van der Waals surface area (Å²) in [5.41, 5.74) is 4.77. The first-order valence-corrected chi connectivity index (χ1v) is 13.1. The van der Waals surface area contributed by atoms with Gasteiger partial charge < -0.3 is 19.5 Å². The van der Waals surface area contributed by atoms with Gasteiger partial charge in [-0.15, -0.1) is 0 Å². The third-order valence-corrected chi connectivity index (χ3v) is 7.16. The van der Waals surface area contributed by atoms with E-state index >= 15 is 0 Å². The fourth-order valence-corrected chi connectivity index (χ4v) is 5.28. The molecule has 41 heavy (non-hydrogen) atoms. The minimum atomic E-state index is -0.816. The lowest BCUT2D eigenvalue weighted by Crippen LogP contribution is -2.57. The summed E-state index contributed by atoms with van der Waals surface area (Å²) in [6.45, 7) is 4.17. The third-order valence-electron chi connectivity index (χ3n) is 7.16. The molecular formula is C31H29N5O5. The van der Waals surface area contributed by atoms with E-state index in [4.69, 9.17) is 14.2 Å². The average molecular weight is 552 g/mol. The predicted octanol–water partition coefficient (Wildman–Crippen LogP) is 5.85. The van der Waals surface area contributed by atoms with Gasteiger partial charge in [-0.3, -0.25) is 20.1 Å². The first-order chi connectivity index (χ1) is 19.8. The Morgan fingerprint density at radius 2 is 1.76 bits per heavy atom. The Morgan fingerprint density at radius 3 is 2.51 bits per heavy atom. The van der Waals surface area contributed by atoms with Gasteiger partial charge in [0.1, 0.15) is 28.5 Å². The summed E-state index contributed by atoms with van der Waals surface area (Å²) in [4.78, 5) is 30.2. The highest BCUT2D eigenvalue weighted by molar-refractivity contribution is 6.12. The molecule has 3 heterocycles. The number of hydrogen-bond acceptors (Lipinski definition) is 8. The van der Waals surface area contributed by atoms with Gasteiger partial charge in [-0.05, 0) is 61.9 Å². The lowest BCUT2D eigenvalue weighted by molar-refractivity contribution is -0.122. The van der Waals surface area contributed by atoms with Crippen molar-refractivity contribution in [2.45, 2.75) is 25.9 Å². The van der Waals surface area contributed by atoms with E-state index in [0.717, 1.165) is 33.8 Å². The molecule has 2 aliphatic heterocycles. The van der Waals surface area contributed by atoms with Crippen LogP contribution in [-0.2, 0) is 11.3 Å². The van der Waals surface area contributed by atoms with Crippen LogP contribution in [-0.4, -0.2) is 36.7 Å². The number of rotatable bonds is 6. The molecule has 0 saturated carbocycles. The maximum absolute atomic E-state index is 13.8. The van der Waals surface area contributed by atoms with E-state index in [1.54, 1.807) is 49.7 Å². The number of para-hydroxylation sites is 2. The van der Waals surface area contributed by atoms with Crippen molar-refractivity contribution in [2.75, 3.05) is 34.9 Å². The zero-order valence-electron chi connectivity index (χ0n) is 23.1. The molecule has 2 amide bonds. The highest BCUT2D eigenvalue weighted by Crippen LogP contribution is 2.51. The Balaban J connectivity index is 1.39. The number of anilines is 4. The van der Waals surface area contributed by atoms with Crippen LogP contribution < -0.4 is 34.9 Å². The van der Waals surface area contributed by atoms with Gasteiger partial charge in [0.15, 0.2) is 0 Å². The third kappa shape index (κ3) is 4.53. The monoisotopic (exact) mass is 551 g/mol. The van der Waals surface area contributed by atoms with Crippen LogP contribution in [0.4, 0.5) is 27.5 Å². The largest absolute Gasteiger partial charge is 0.496 e. The van der Waals surface area contributed by atoms with Crippen molar-refractivity contribution < 1.29 is 23.8 Å². The summed E-state index contributed by atoms with van der Waals surface area (Å²) in [5.74, 6) is 1.42. The van der Waals surface area contributed by atoms with E-state index in [1.807, 2.05) is 61.3 Å². The molecule has 6 rings (SSSR count). The quantitative estimate of drug-likeness (QED) is 0.308. The van der Waals surface area contributed by atoms with Crippen LogP contribution in [0.3, 0.4) is 0 Å². The second-order valence-corrected chi connectivity index (χ2v) is 10.2. The Hall–Kier alpha value is -5.25. The molecule has 0 atom stereocenters. The number of nitrogens with one attached hydrogen (secondary N) is 2. The van der Waals surface area contributed by atoms with Crippen LogP contribution in [0, 0.1) is 0 Å². The lowest BCUT2D eigenvalue weighted by atomic mass is 9.93. The second-order valence-electron chi connectivity index (χ2n) is 10.2. The molecule has 0 bridgehead atoms. The Morgan fingerprint density at radius 1 is 0.976 bits per heavy atom. The number of amides is 2. The summed E-state index contributed by atoms with van der Waals surface area (Å²) in [6, 6.07) is 20.3. The van der Waals surface area contributed by atoms with Crippen molar-refractivity contribution in [3.63, 3.8) is 0 Å². The van der Waals surface area contributed by atoms with E-state index in [1.165, 1.54) is 6.20 Å². The normalized spacial score (nSPS) is 14.7. The highest BCUT2D eigenvalue weighted by atomic mass is 16.6. The standard InChI is InChI=1S/C31H29N5O5/c1-31(2)29(37)36-28-23(18-35(36)25-9-5-6-10-26(25)39-3)21(13-14-24(28)34-31)22-12-11-20(16-27(22)40-4)41-30(38)33-19-8-7-15-32-17-19/h5-17,34H,18H2,1-4H3,(H,33,38). The van der Waals surface area contributed by atoms with Gasteiger partial charge >= 0.3 is 6.09 Å². The summed E-state index contributed by atoms with van der Waals surface area (Å²) >= 11 is 0. The maximum atomic E-state index is 13.8. The molecule has 0 aliphatic carbocycles. The topological polar surface area (TPSA) is 105 Å². The van der Waals surface area contributed by atoms with E-state index in [0.29, 0.717) is 29.5 Å². The number of methoxy groups -OCH3 is 2. The van der Waals surface area contributed by atoms with Crippen LogP contribution in [0.15, 0.2) is 79.1 Å². The molecule has 10 heteroatoms. The van der Waals surface area contributed by atoms with E-state index in [2.05, 4.69) is 15.6 Å². The number of carbonyl (C=O) groups excluding carboxylic acids is 2. The fourth-order valence-electron chi connectivity index (χ4n) is 5.28.